The molecule has 5 nitrogen and oxygen atoms in total. The van der Waals surface area contributed by atoms with Gasteiger partial charge in [-0.2, -0.15) is 5.26 Å². The van der Waals surface area contributed by atoms with Crippen molar-refractivity contribution in [3.8, 4) is 6.07 Å². The summed E-state index contributed by atoms with van der Waals surface area (Å²) in [6.07, 6.45) is 0.737. The van der Waals surface area contributed by atoms with Crippen LogP contribution in [0.5, 0.6) is 0 Å². The average molecular weight is 259 g/mol. The number of hydrogen-bond donors (Lipinski definition) is 2. The molecule has 2 amide bonds. The molecular formula is C14H17N3O2. The lowest BCUT2D eigenvalue weighted by molar-refractivity contribution is -0.120. The zero-order valence-corrected chi connectivity index (χ0v) is 11.0. The first-order chi connectivity index (χ1) is 8.99. The van der Waals surface area contributed by atoms with E-state index in [9.17, 15) is 9.59 Å². The number of hydrogen-bond acceptors (Lipinski definition) is 3. The van der Waals surface area contributed by atoms with Crippen molar-refractivity contribution >= 4 is 11.8 Å². The van der Waals surface area contributed by atoms with Crippen LogP contribution in [0.15, 0.2) is 24.3 Å². The Morgan fingerprint density at radius 3 is 2.37 bits per heavy atom. The maximum absolute atomic E-state index is 12.0. The van der Waals surface area contributed by atoms with E-state index in [4.69, 9.17) is 11.0 Å². The number of carbonyl (C=O) groups excluding carboxylic acids is 2. The highest BCUT2D eigenvalue weighted by Gasteiger charge is 2.23. The Balaban J connectivity index is 2.82. The van der Waals surface area contributed by atoms with Gasteiger partial charge in [-0.15, -0.1) is 0 Å². The molecule has 0 heterocycles. The van der Waals surface area contributed by atoms with Gasteiger partial charge in [-0.25, -0.2) is 0 Å². The van der Waals surface area contributed by atoms with Crippen LogP contribution in [0.4, 0.5) is 0 Å². The van der Waals surface area contributed by atoms with Crippen molar-refractivity contribution in [2.24, 2.45) is 11.7 Å². The van der Waals surface area contributed by atoms with Gasteiger partial charge in [-0.1, -0.05) is 20.3 Å². The number of nitriles is 1. The predicted molar refractivity (Wildman–Crippen MR) is 71.1 cm³/mol. The first-order valence-corrected chi connectivity index (χ1v) is 6.10. The van der Waals surface area contributed by atoms with Crippen molar-refractivity contribution in [3.63, 3.8) is 0 Å². The van der Waals surface area contributed by atoms with Gasteiger partial charge in [0.25, 0.3) is 5.91 Å². The number of amides is 2. The van der Waals surface area contributed by atoms with Crippen LogP contribution in [0.25, 0.3) is 0 Å². The van der Waals surface area contributed by atoms with Crippen molar-refractivity contribution in [2.75, 3.05) is 0 Å². The quantitative estimate of drug-likeness (QED) is 0.831. The van der Waals surface area contributed by atoms with E-state index in [1.165, 1.54) is 0 Å². The lowest BCUT2D eigenvalue weighted by Crippen LogP contribution is -2.48. The number of benzene rings is 1. The van der Waals surface area contributed by atoms with Crippen LogP contribution in [-0.2, 0) is 4.79 Å². The number of nitrogens with zero attached hydrogens (tertiary/aromatic N) is 1. The molecule has 0 unspecified atom stereocenters. The van der Waals surface area contributed by atoms with Crippen molar-refractivity contribution in [1.29, 1.82) is 5.26 Å². The summed E-state index contributed by atoms with van der Waals surface area (Å²) in [6.45, 7) is 3.78. The standard InChI is InChI=1S/C14H17N3O2/c1-3-9(2)12(13(16)18)17-14(19)11-6-4-10(8-15)5-7-11/h4-7,9,12H,3H2,1-2H3,(H2,16,18)(H,17,19)/t9-,12+/m0/s1. The molecule has 0 aliphatic heterocycles. The molecule has 5 heteroatoms. The molecule has 0 aliphatic rings. The highest BCUT2D eigenvalue weighted by Crippen LogP contribution is 2.09. The molecule has 0 radical (unpaired) electrons. The molecule has 0 fully saturated rings. The van der Waals surface area contributed by atoms with Crippen molar-refractivity contribution in [2.45, 2.75) is 26.3 Å². The van der Waals surface area contributed by atoms with E-state index in [0.29, 0.717) is 11.1 Å². The van der Waals surface area contributed by atoms with Crippen LogP contribution >= 0.6 is 0 Å². The third-order valence-electron chi connectivity index (χ3n) is 3.08. The van der Waals surface area contributed by atoms with E-state index in [-0.39, 0.29) is 11.8 Å². The molecule has 100 valence electrons. The smallest absolute Gasteiger partial charge is 0.251 e. The van der Waals surface area contributed by atoms with E-state index in [1.54, 1.807) is 24.3 Å². The van der Waals surface area contributed by atoms with E-state index >= 15 is 0 Å². The van der Waals surface area contributed by atoms with Crippen LogP contribution in [-0.4, -0.2) is 17.9 Å². The summed E-state index contributed by atoms with van der Waals surface area (Å²) in [5, 5.41) is 11.3. The van der Waals surface area contributed by atoms with Crippen molar-refractivity contribution in [1.82, 2.24) is 5.32 Å². The maximum atomic E-state index is 12.0. The van der Waals surface area contributed by atoms with Gasteiger partial charge in [0.05, 0.1) is 11.6 Å². The van der Waals surface area contributed by atoms with Gasteiger partial charge >= 0.3 is 0 Å². The van der Waals surface area contributed by atoms with Gasteiger partial charge < -0.3 is 11.1 Å². The van der Waals surface area contributed by atoms with Gasteiger partial charge in [0.2, 0.25) is 5.91 Å². The summed E-state index contributed by atoms with van der Waals surface area (Å²) >= 11 is 0. The fraction of sp³-hybridized carbons (Fsp3) is 0.357. The van der Waals surface area contributed by atoms with Gasteiger partial charge in [0.15, 0.2) is 0 Å². The molecule has 0 spiro atoms. The monoisotopic (exact) mass is 259 g/mol. The summed E-state index contributed by atoms with van der Waals surface area (Å²) < 4.78 is 0. The normalized spacial score (nSPS) is 13.1. The Morgan fingerprint density at radius 1 is 1.37 bits per heavy atom. The maximum Gasteiger partial charge on any atom is 0.251 e. The minimum Gasteiger partial charge on any atom is -0.368 e. The average Bonchev–Trinajstić information content (AvgIpc) is 2.43. The molecule has 0 aliphatic carbocycles. The Morgan fingerprint density at radius 2 is 1.95 bits per heavy atom. The SMILES string of the molecule is CC[C@H](C)[C@@H](NC(=O)c1ccc(C#N)cc1)C(N)=O. The molecule has 19 heavy (non-hydrogen) atoms. The molecule has 1 rings (SSSR count). The fourth-order valence-corrected chi connectivity index (χ4v) is 1.65. The molecule has 3 N–H and O–H groups in total. The van der Waals surface area contributed by atoms with Crippen LogP contribution in [0.3, 0.4) is 0 Å². The summed E-state index contributed by atoms with van der Waals surface area (Å²) in [5.74, 6) is -0.940. The summed E-state index contributed by atoms with van der Waals surface area (Å²) in [6, 6.07) is 7.48. The topological polar surface area (TPSA) is 96.0 Å². The number of nitrogens with two attached hydrogens (primary N) is 1. The fourth-order valence-electron chi connectivity index (χ4n) is 1.65. The molecule has 1 aromatic rings. The van der Waals surface area contributed by atoms with E-state index in [2.05, 4.69) is 5.32 Å². The number of nitrogens with one attached hydrogen (secondary N) is 1. The van der Waals surface area contributed by atoms with E-state index in [1.807, 2.05) is 19.9 Å². The first kappa shape index (κ1) is 14.7. The predicted octanol–water partition coefficient (Wildman–Crippen LogP) is 1.19. The second kappa shape index (κ2) is 6.55. The summed E-state index contributed by atoms with van der Waals surface area (Å²) in [4.78, 5) is 23.3. The number of rotatable bonds is 5. The minimum absolute atomic E-state index is 0.0279. The third kappa shape index (κ3) is 3.81. The lowest BCUT2D eigenvalue weighted by Gasteiger charge is -2.21. The summed E-state index contributed by atoms with van der Waals surface area (Å²) in [5.41, 5.74) is 6.16. The third-order valence-corrected chi connectivity index (χ3v) is 3.08. The van der Waals surface area contributed by atoms with Gasteiger partial charge in [0.1, 0.15) is 6.04 Å². The van der Waals surface area contributed by atoms with Crippen LogP contribution in [0.1, 0.15) is 36.2 Å². The highest BCUT2D eigenvalue weighted by atomic mass is 16.2. The Bertz CT molecular complexity index is 502. The Hall–Kier alpha value is -2.35. The molecule has 0 saturated carbocycles. The van der Waals surface area contributed by atoms with E-state index in [0.717, 1.165) is 6.42 Å². The molecular weight excluding hydrogens is 242 g/mol. The van der Waals surface area contributed by atoms with Crippen molar-refractivity contribution in [3.05, 3.63) is 35.4 Å². The van der Waals surface area contributed by atoms with Gasteiger partial charge in [0, 0.05) is 5.56 Å². The molecule has 1 aromatic carbocycles. The van der Waals surface area contributed by atoms with Gasteiger partial charge in [-0.05, 0) is 30.2 Å². The molecule has 0 bridgehead atoms. The highest BCUT2D eigenvalue weighted by molar-refractivity contribution is 5.97. The van der Waals surface area contributed by atoms with Crippen LogP contribution < -0.4 is 11.1 Å². The zero-order valence-electron chi connectivity index (χ0n) is 11.0. The zero-order chi connectivity index (χ0) is 14.4. The molecule has 0 aromatic heterocycles. The van der Waals surface area contributed by atoms with Crippen LogP contribution in [0.2, 0.25) is 0 Å². The Labute approximate surface area is 112 Å². The number of primary amides is 1. The lowest BCUT2D eigenvalue weighted by atomic mass is 9.98. The first-order valence-electron chi connectivity index (χ1n) is 6.10. The van der Waals surface area contributed by atoms with Crippen LogP contribution in [0, 0.1) is 17.2 Å². The minimum atomic E-state index is -0.687. The number of carbonyl (C=O) groups is 2. The summed E-state index contributed by atoms with van der Waals surface area (Å²) in [7, 11) is 0. The van der Waals surface area contributed by atoms with Crippen molar-refractivity contribution < 1.29 is 9.59 Å². The largest absolute Gasteiger partial charge is 0.368 e. The molecule has 2 atom stereocenters. The van der Waals surface area contributed by atoms with E-state index < -0.39 is 11.9 Å². The Kier molecular flexibility index (Phi) is 5.07. The molecule has 0 saturated heterocycles. The second-order valence-electron chi connectivity index (χ2n) is 4.43. The second-order valence-corrected chi connectivity index (χ2v) is 4.43. The van der Waals surface area contributed by atoms with Gasteiger partial charge in [-0.3, -0.25) is 9.59 Å².